The maximum absolute atomic E-state index is 5.26. The highest BCUT2D eigenvalue weighted by Gasteiger charge is 2.48. The maximum Gasteiger partial charge on any atom is 0.159 e. The number of aliphatic imine (C=N–C) groups is 2. The fourth-order valence-electron chi connectivity index (χ4n) is 7.74. The number of allylic oxidation sites excluding steroid dienone is 4. The molecule has 1 N–H and O–H groups in total. The molecule has 0 saturated heterocycles. The highest BCUT2D eigenvalue weighted by Crippen LogP contribution is 2.58. The molecule has 234 valence electrons. The second kappa shape index (κ2) is 12.3. The average molecular weight is 742 g/mol. The molecule has 0 saturated carbocycles. The molecule has 1 aliphatic heterocycles. The molecule has 0 aromatic heterocycles. The summed E-state index contributed by atoms with van der Waals surface area (Å²) in [5.74, 6) is 1.54. The average Bonchev–Trinajstić information content (AvgIpc) is 3.82. The van der Waals surface area contributed by atoms with Crippen LogP contribution in [0.5, 0.6) is 0 Å². The van der Waals surface area contributed by atoms with E-state index in [-0.39, 0.29) is 11.6 Å². The highest BCUT2D eigenvalue weighted by atomic mass is 127. The van der Waals surface area contributed by atoms with Crippen molar-refractivity contribution in [2.45, 2.75) is 18.0 Å². The number of hydrogen-bond donors (Lipinski definition) is 1. The van der Waals surface area contributed by atoms with Crippen molar-refractivity contribution < 1.29 is 0 Å². The number of rotatable bonds is 6. The molecule has 3 nitrogen and oxygen atoms in total. The van der Waals surface area contributed by atoms with E-state index in [4.69, 9.17) is 9.98 Å². The second-order valence-corrected chi connectivity index (χ2v) is 13.8. The van der Waals surface area contributed by atoms with Crippen LogP contribution in [0.4, 0.5) is 0 Å². The van der Waals surface area contributed by atoms with Crippen molar-refractivity contribution in [3.63, 3.8) is 0 Å². The van der Waals surface area contributed by atoms with E-state index in [2.05, 4.69) is 192 Å². The largest absolute Gasteiger partial charge is 0.344 e. The van der Waals surface area contributed by atoms with E-state index in [0.29, 0.717) is 0 Å². The lowest BCUT2D eigenvalue weighted by Crippen LogP contribution is -2.33. The Morgan fingerprint density at radius 2 is 1.24 bits per heavy atom. The number of halogens is 1. The molecule has 0 fully saturated rings. The zero-order valence-corrected chi connectivity index (χ0v) is 28.9. The van der Waals surface area contributed by atoms with Gasteiger partial charge in [-0.2, -0.15) is 0 Å². The summed E-state index contributed by atoms with van der Waals surface area (Å²) in [4.78, 5) is 10.4. The van der Waals surface area contributed by atoms with E-state index >= 15 is 0 Å². The van der Waals surface area contributed by atoms with Crippen molar-refractivity contribution >= 4 is 34.3 Å². The Labute approximate surface area is 300 Å². The van der Waals surface area contributed by atoms with Gasteiger partial charge in [-0.15, -0.1) is 0 Å². The second-order valence-electron chi connectivity index (χ2n) is 12.7. The van der Waals surface area contributed by atoms with Gasteiger partial charge >= 0.3 is 0 Å². The zero-order valence-electron chi connectivity index (χ0n) is 26.7. The molecule has 9 rings (SSSR count). The molecular weight excluding hydrogens is 709 g/mol. The molecule has 1 atom stereocenters. The first-order chi connectivity index (χ1) is 24.2. The number of amidine groups is 2. The van der Waals surface area contributed by atoms with Gasteiger partial charge in [0.2, 0.25) is 0 Å². The Hall–Kier alpha value is -5.33. The van der Waals surface area contributed by atoms with Gasteiger partial charge in [0, 0.05) is 14.7 Å². The Kier molecular flexibility index (Phi) is 7.46. The van der Waals surface area contributed by atoms with E-state index in [0.717, 1.165) is 40.3 Å². The van der Waals surface area contributed by atoms with Gasteiger partial charge in [0.05, 0.1) is 5.41 Å². The van der Waals surface area contributed by atoms with Gasteiger partial charge in [0.25, 0.3) is 0 Å². The van der Waals surface area contributed by atoms with Crippen LogP contribution in [0.25, 0.3) is 22.3 Å². The number of hydrogen-bond acceptors (Lipinski definition) is 3. The van der Waals surface area contributed by atoms with Gasteiger partial charge in [0.1, 0.15) is 12.0 Å². The van der Waals surface area contributed by atoms with Gasteiger partial charge in [-0.25, -0.2) is 9.98 Å². The van der Waals surface area contributed by atoms with E-state index in [9.17, 15) is 0 Å². The molecule has 49 heavy (non-hydrogen) atoms. The summed E-state index contributed by atoms with van der Waals surface area (Å²) >= 11 is 2.54. The molecule has 0 amide bonds. The molecule has 3 aliphatic rings. The van der Waals surface area contributed by atoms with Crippen LogP contribution in [-0.2, 0) is 5.41 Å². The Morgan fingerprint density at radius 3 is 1.92 bits per heavy atom. The van der Waals surface area contributed by atoms with E-state index in [1.165, 1.54) is 42.5 Å². The molecule has 4 heteroatoms. The minimum atomic E-state index is -0.374. The molecule has 0 radical (unpaired) electrons. The van der Waals surface area contributed by atoms with Gasteiger partial charge in [-0.1, -0.05) is 158 Å². The smallest absolute Gasteiger partial charge is 0.159 e. The van der Waals surface area contributed by atoms with Crippen LogP contribution in [0, 0.1) is 3.57 Å². The molecule has 6 aromatic rings. The fraction of sp³-hybridized carbons (Fsp3) is 0.0667. The van der Waals surface area contributed by atoms with Crippen molar-refractivity contribution in [3.05, 3.63) is 212 Å². The summed E-state index contributed by atoms with van der Waals surface area (Å²) in [5, 5.41) is 3.65. The van der Waals surface area contributed by atoms with Crippen molar-refractivity contribution in [1.29, 1.82) is 0 Å². The summed E-state index contributed by atoms with van der Waals surface area (Å²) in [5.41, 5.74) is 13.1. The lowest BCUT2D eigenvalue weighted by molar-refractivity contribution is 0.674. The van der Waals surface area contributed by atoms with Crippen molar-refractivity contribution in [2.24, 2.45) is 9.98 Å². The summed E-state index contributed by atoms with van der Waals surface area (Å²) in [6.45, 7) is 0. The van der Waals surface area contributed by atoms with Crippen molar-refractivity contribution in [2.75, 3.05) is 0 Å². The molecule has 6 aromatic carbocycles. The van der Waals surface area contributed by atoms with E-state index in [1.807, 2.05) is 6.07 Å². The third-order valence-electron chi connectivity index (χ3n) is 9.94. The van der Waals surface area contributed by atoms with Crippen LogP contribution >= 0.6 is 22.6 Å². The van der Waals surface area contributed by atoms with Crippen molar-refractivity contribution in [1.82, 2.24) is 5.32 Å². The predicted molar refractivity (Wildman–Crippen MR) is 210 cm³/mol. The normalized spacial score (nSPS) is 17.0. The van der Waals surface area contributed by atoms with Crippen LogP contribution in [0.15, 0.2) is 185 Å². The monoisotopic (exact) mass is 741 g/mol. The first-order valence-corrected chi connectivity index (χ1v) is 17.8. The summed E-state index contributed by atoms with van der Waals surface area (Å²) in [6.07, 6.45) is 7.44. The van der Waals surface area contributed by atoms with Crippen LogP contribution in [0.1, 0.15) is 46.0 Å². The van der Waals surface area contributed by atoms with E-state index < -0.39 is 0 Å². The van der Waals surface area contributed by atoms with Gasteiger partial charge in [-0.3, -0.25) is 0 Å². The fourth-order valence-corrected chi connectivity index (χ4v) is 8.66. The summed E-state index contributed by atoms with van der Waals surface area (Å²) in [7, 11) is 0. The molecule has 0 bridgehead atoms. The first kappa shape index (κ1) is 29.8. The third kappa shape index (κ3) is 5.01. The Balaban J connectivity index is 1.18. The quantitative estimate of drug-likeness (QED) is 0.170. The number of benzene rings is 6. The van der Waals surface area contributed by atoms with Crippen LogP contribution in [0.3, 0.4) is 0 Å². The number of nitrogens with one attached hydrogen (secondary N) is 1. The van der Waals surface area contributed by atoms with E-state index in [1.54, 1.807) is 0 Å². The minimum absolute atomic E-state index is 0.293. The Morgan fingerprint density at radius 1 is 0.592 bits per heavy atom. The van der Waals surface area contributed by atoms with Gasteiger partial charge in [0.15, 0.2) is 5.84 Å². The number of fused-ring (bicyclic) bond motifs is 3. The Bertz CT molecular complexity index is 2310. The van der Waals surface area contributed by atoms with Gasteiger partial charge < -0.3 is 5.32 Å². The minimum Gasteiger partial charge on any atom is -0.344 e. The van der Waals surface area contributed by atoms with Crippen LogP contribution < -0.4 is 5.32 Å². The molecule has 0 unspecified atom stereocenters. The summed E-state index contributed by atoms with van der Waals surface area (Å²) in [6, 6.07) is 54.2. The van der Waals surface area contributed by atoms with Crippen molar-refractivity contribution in [3.8, 4) is 22.3 Å². The highest BCUT2D eigenvalue weighted by molar-refractivity contribution is 14.1. The standard InChI is InChI=1S/C45H32IN3/c46-41-29-34(26-27-40(41)45(35-20-7-8-21-35)38-24-11-9-22-36(38)37-23-10-12-25-39(37)45)44-48-42(31-16-5-2-6-17-31)47-43(49-44)33-19-13-18-32(28-33)30-14-3-1-4-15-30/h1-20,22-29,43H,21H2,(H,47,48,49)/t43-/m1/s1. The molecule has 1 heterocycles. The topological polar surface area (TPSA) is 36.8 Å². The lowest BCUT2D eigenvalue weighted by Gasteiger charge is -2.36. The predicted octanol–water partition coefficient (Wildman–Crippen LogP) is 10.7. The summed E-state index contributed by atoms with van der Waals surface area (Å²) < 4.78 is 1.19. The molecule has 2 aliphatic carbocycles. The third-order valence-corrected chi connectivity index (χ3v) is 10.8. The number of nitrogens with zero attached hydrogens (tertiary/aromatic N) is 2. The molecule has 0 spiro atoms. The lowest BCUT2D eigenvalue weighted by atomic mass is 9.67. The maximum atomic E-state index is 5.26. The molecular formula is C45H32IN3. The van der Waals surface area contributed by atoms with Crippen LogP contribution in [0.2, 0.25) is 0 Å². The SMILES string of the molecule is Ic1cc(C2=N[C@H](c3cccc(-c4ccccc4)c3)NC(c3ccccc3)=N2)ccc1C1(C2=CC=CC2)c2ccccc2-c2ccccc21. The van der Waals surface area contributed by atoms with Crippen LogP contribution in [-0.4, -0.2) is 11.7 Å². The van der Waals surface area contributed by atoms with Gasteiger partial charge in [-0.05, 0) is 91.2 Å². The first-order valence-electron chi connectivity index (χ1n) is 16.7. The zero-order chi connectivity index (χ0) is 32.8.